The van der Waals surface area contributed by atoms with Crippen LogP contribution in [-0.4, -0.2) is 42.2 Å². The lowest BCUT2D eigenvalue weighted by atomic mass is 10.0. The molecule has 0 aliphatic heterocycles. The van der Waals surface area contributed by atoms with Crippen molar-refractivity contribution in [3.8, 4) is 5.69 Å². The van der Waals surface area contributed by atoms with Crippen LogP contribution in [0, 0.1) is 13.8 Å². The fourth-order valence-electron chi connectivity index (χ4n) is 2.36. The molecule has 0 atom stereocenters. The van der Waals surface area contributed by atoms with Gasteiger partial charge >= 0.3 is 0 Å². The van der Waals surface area contributed by atoms with Crippen molar-refractivity contribution in [1.82, 2.24) is 35.1 Å². The van der Waals surface area contributed by atoms with Gasteiger partial charge in [-0.15, -0.1) is 5.10 Å². The fraction of sp³-hybridized carbons (Fsp3) is 0.267. The first-order valence-electron chi connectivity index (χ1n) is 7.24. The summed E-state index contributed by atoms with van der Waals surface area (Å²) in [6, 6.07) is 3.72. The minimum Gasteiger partial charge on any atom is -0.350 e. The van der Waals surface area contributed by atoms with Crippen molar-refractivity contribution in [2.45, 2.75) is 20.4 Å². The molecule has 1 aromatic carbocycles. The van der Waals surface area contributed by atoms with Gasteiger partial charge in [0.05, 0.1) is 17.6 Å². The van der Waals surface area contributed by atoms with Crippen molar-refractivity contribution < 1.29 is 4.79 Å². The Morgan fingerprint density at radius 1 is 1.26 bits per heavy atom. The zero-order valence-electron chi connectivity index (χ0n) is 13.0. The Kier molecular flexibility index (Phi) is 4.13. The van der Waals surface area contributed by atoms with Gasteiger partial charge in [-0.25, -0.2) is 4.98 Å². The van der Waals surface area contributed by atoms with Crippen LogP contribution in [0.15, 0.2) is 37.2 Å². The zero-order chi connectivity index (χ0) is 16.2. The molecule has 3 aromatic rings. The number of aryl methyl sites for hydroxylation is 1. The third kappa shape index (κ3) is 3.10. The average molecular weight is 311 g/mol. The van der Waals surface area contributed by atoms with Crippen molar-refractivity contribution in [3.63, 3.8) is 0 Å². The molecule has 0 fully saturated rings. The van der Waals surface area contributed by atoms with E-state index in [1.165, 1.54) is 11.0 Å². The summed E-state index contributed by atoms with van der Waals surface area (Å²) in [4.78, 5) is 16.5. The van der Waals surface area contributed by atoms with Crippen molar-refractivity contribution in [2.75, 3.05) is 6.54 Å². The molecular formula is C15H17N7O. The van der Waals surface area contributed by atoms with Crippen LogP contribution in [0.25, 0.3) is 5.69 Å². The summed E-state index contributed by atoms with van der Waals surface area (Å²) in [6.07, 6.45) is 6.77. The van der Waals surface area contributed by atoms with Gasteiger partial charge in [0.2, 0.25) is 0 Å². The van der Waals surface area contributed by atoms with E-state index in [2.05, 4.69) is 25.8 Å². The molecule has 0 bridgehead atoms. The van der Waals surface area contributed by atoms with Gasteiger partial charge < -0.3 is 9.88 Å². The molecule has 2 aromatic heterocycles. The van der Waals surface area contributed by atoms with Crippen molar-refractivity contribution in [1.29, 1.82) is 0 Å². The summed E-state index contributed by atoms with van der Waals surface area (Å²) in [6.45, 7) is 5.12. The molecule has 2 heterocycles. The van der Waals surface area contributed by atoms with Crippen LogP contribution in [0.2, 0.25) is 0 Å². The molecule has 1 amide bonds. The van der Waals surface area contributed by atoms with Gasteiger partial charge in [0.25, 0.3) is 5.91 Å². The predicted molar refractivity (Wildman–Crippen MR) is 83.2 cm³/mol. The van der Waals surface area contributed by atoms with Gasteiger partial charge in [-0.05, 0) is 41.5 Å². The Balaban J connectivity index is 1.81. The number of nitrogens with one attached hydrogen (secondary N) is 1. The molecule has 8 nitrogen and oxygen atoms in total. The Labute approximate surface area is 133 Å². The van der Waals surface area contributed by atoms with E-state index in [0.717, 1.165) is 11.1 Å². The highest BCUT2D eigenvalue weighted by atomic mass is 16.1. The highest BCUT2D eigenvalue weighted by molar-refractivity contribution is 5.98. The second-order valence-electron chi connectivity index (χ2n) is 5.21. The lowest BCUT2D eigenvalue weighted by Gasteiger charge is -2.14. The van der Waals surface area contributed by atoms with E-state index in [-0.39, 0.29) is 5.91 Å². The molecule has 0 unspecified atom stereocenters. The average Bonchev–Trinajstić information content (AvgIpc) is 3.22. The molecule has 1 N–H and O–H groups in total. The van der Waals surface area contributed by atoms with Gasteiger partial charge in [0.15, 0.2) is 0 Å². The number of hydrogen-bond donors (Lipinski definition) is 1. The first-order chi connectivity index (χ1) is 11.2. The van der Waals surface area contributed by atoms with Gasteiger partial charge in [-0.3, -0.25) is 4.79 Å². The van der Waals surface area contributed by atoms with Crippen LogP contribution in [0.4, 0.5) is 0 Å². The maximum Gasteiger partial charge on any atom is 0.253 e. The van der Waals surface area contributed by atoms with E-state index in [4.69, 9.17) is 0 Å². The first-order valence-corrected chi connectivity index (χ1v) is 7.24. The minimum atomic E-state index is -0.154. The molecule has 118 valence electrons. The lowest BCUT2D eigenvalue weighted by molar-refractivity contribution is 0.0952. The number of amides is 1. The van der Waals surface area contributed by atoms with Crippen LogP contribution < -0.4 is 5.32 Å². The summed E-state index contributed by atoms with van der Waals surface area (Å²) in [5.41, 5.74) is 3.30. The van der Waals surface area contributed by atoms with Gasteiger partial charge in [-0.1, -0.05) is 6.07 Å². The third-order valence-corrected chi connectivity index (χ3v) is 3.74. The van der Waals surface area contributed by atoms with Crippen LogP contribution in [0.1, 0.15) is 21.5 Å². The van der Waals surface area contributed by atoms with Crippen LogP contribution in [-0.2, 0) is 6.54 Å². The topological polar surface area (TPSA) is 90.5 Å². The molecule has 0 radical (unpaired) electrons. The van der Waals surface area contributed by atoms with E-state index in [1.807, 2.05) is 30.7 Å². The Bertz CT molecular complexity index is 794. The molecule has 23 heavy (non-hydrogen) atoms. The highest BCUT2D eigenvalue weighted by Crippen LogP contribution is 2.21. The van der Waals surface area contributed by atoms with E-state index in [1.54, 1.807) is 18.6 Å². The number of benzene rings is 1. The number of tetrazole rings is 1. The van der Waals surface area contributed by atoms with E-state index in [9.17, 15) is 4.79 Å². The molecule has 0 saturated carbocycles. The largest absolute Gasteiger partial charge is 0.350 e. The maximum atomic E-state index is 12.5. The van der Waals surface area contributed by atoms with Crippen LogP contribution in [0.3, 0.4) is 0 Å². The predicted octanol–water partition coefficient (Wildman–Crippen LogP) is 0.906. The maximum absolute atomic E-state index is 12.5. The molecule has 3 rings (SSSR count). The van der Waals surface area contributed by atoms with E-state index in [0.29, 0.717) is 24.3 Å². The number of nitrogens with zero attached hydrogens (tertiary/aromatic N) is 6. The molecule has 8 heteroatoms. The van der Waals surface area contributed by atoms with Gasteiger partial charge in [0.1, 0.15) is 6.33 Å². The van der Waals surface area contributed by atoms with Gasteiger partial charge in [-0.2, -0.15) is 4.68 Å². The summed E-state index contributed by atoms with van der Waals surface area (Å²) >= 11 is 0. The van der Waals surface area contributed by atoms with Crippen molar-refractivity contribution in [3.05, 3.63) is 53.9 Å². The molecular weight excluding hydrogens is 294 g/mol. The number of imidazole rings is 1. The normalized spacial score (nSPS) is 10.7. The summed E-state index contributed by atoms with van der Waals surface area (Å²) in [5.74, 6) is -0.154. The SMILES string of the molecule is Cc1ccc(C(=O)NCCn2ccnc2)c(-n2cnnn2)c1C. The van der Waals surface area contributed by atoms with E-state index >= 15 is 0 Å². The molecule has 0 saturated heterocycles. The quantitative estimate of drug-likeness (QED) is 0.756. The second kappa shape index (κ2) is 6.39. The number of rotatable bonds is 5. The summed E-state index contributed by atoms with van der Waals surface area (Å²) < 4.78 is 3.43. The van der Waals surface area contributed by atoms with Crippen molar-refractivity contribution >= 4 is 5.91 Å². The number of hydrogen-bond acceptors (Lipinski definition) is 5. The fourth-order valence-corrected chi connectivity index (χ4v) is 2.36. The Morgan fingerprint density at radius 3 is 2.83 bits per heavy atom. The molecule has 0 spiro atoms. The Hall–Kier alpha value is -3.03. The molecule has 0 aliphatic carbocycles. The zero-order valence-corrected chi connectivity index (χ0v) is 13.0. The number of carbonyl (C=O) groups is 1. The second-order valence-corrected chi connectivity index (χ2v) is 5.21. The number of aromatic nitrogens is 6. The third-order valence-electron chi connectivity index (χ3n) is 3.74. The van der Waals surface area contributed by atoms with Crippen molar-refractivity contribution in [2.24, 2.45) is 0 Å². The number of carbonyl (C=O) groups excluding carboxylic acids is 1. The first kappa shape index (κ1) is 14.9. The lowest BCUT2D eigenvalue weighted by Crippen LogP contribution is -2.28. The van der Waals surface area contributed by atoms with Gasteiger partial charge in [0, 0.05) is 25.5 Å². The van der Waals surface area contributed by atoms with E-state index < -0.39 is 0 Å². The monoisotopic (exact) mass is 311 g/mol. The van der Waals surface area contributed by atoms with Crippen LogP contribution in [0.5, 0.6) is 0 Å². The summed E-state index contributed by atoms with van der Waals surface area (Å²) in [7, 11) is 0. The minimum absolute atomic E-state index is 0.154. The standard InChI is InChI=1S/C15H17N7O/c1-11-3-4-13(14(12(11)2)22-10-18-19-20-22)15(23)17-6-8-21-7-5-16-9-21/h3-5,7,9-10H,6,8H2,1-2H3,(H,17,23). The van der Waals surface area contributed by atoms with Crippen LogP contribution >= 0.6 is 0 Å². The highest BCUT2D eigenvalue weighted by Gasteiger charge is 2.17. The smallest absolute Gasteiger partial charge is 0.253 e. The molecule has 0 aliphatic rings. The summed E-state index contributed by atoms with van der Waals surface area (Å²) in [5, 5.41) is 14.1. The Morgan fingerprint density at radius 2 is 2.13 bits per heavy atom.